The number of aromatic nitrogens is 1. The van der Waals surface area contributed by atoms with E-state index in [0.717, 1.165) is 26.2 Å². The van der Waals surface area contributed by atoms with Crippen molar-refractivity contribution in [2.45, 2.75) is 13.0 Å². The third-order valence-corrected chi connectivity index (χ3v) is 3.69. The van der Waals surface area contributed by atoms with Crippen molar-refractivity contribution in [3.05, 3.63) is 23.9 Å². The van der Waals surface area contributed by atoms with Gasteiger partial charge in [0.25, 0.3) is 5.91 Å². The molecule has 3 amide bonds. The molecule has 0 radical (unpaired) electrons. The summed E-state index contributed by atoms with van der Waals surface area (Å²) in [6.07, 6.45) is 1.73. The molecule has 2 rings (SSSR count). The van der Waals surface area contributed by atoms with Crippen LogP contribution in [0.1, 0.15) is 17.3 Å². The highest BCUT2D eigenvalue weighted by atomic mass is 16.5. The zero-order valence-corrected chi connectivity index (χ0v) is 14.4. The molecule has 0 unspecified atom stereocenters. The number of nitrogens with zero attached hydrogens (tertiary/aromatic N) is 3. The van der Waals surface area contributed by atoms with Crippen molar-refractivity contribution < 1.29 is 14.3 Å². The largest absolute Gasteiger partial charge is 0.376 e. The molecule has 8 heteroatoms. The van der Waals surface area contributed by atoms with Gasteiger partial charge in [0.15, 0.2) is 0 Å². The van der Waals surface area contributed by atoms with Crippen molar-refractivity contribution in [2.75, 3.05) is 52.2 Å². The lowest BCUT2D eigenvalue weighted by Gasteiger charge is -2.30. The molecule has 0 saturated carbocycles. The first-order chi connectivity index (χ1) is 11.5. The van der Waals surface area contributed by atoms with E-state index in [2.05, 4.69) is 20.5 Å². The Morgan fingerprint density at radius 2 is 2.25 bits per heavy atom. The second-order valence-corrected chi connectivity index (χ2v) is 5.99. The predicted octanol–water partition coefficient (Wildman–Crippen LogP) is 0.626. The van der Waals surface area contributed by atoms with Crippen LogP contribution in [-0.2, 0) is 4.74 Å². The Morgan fingerprint density at radius 3 is 2.96 bits per heavy atom. The number of urea groups is 1. The van der Waals surface area contributed by atoms with Gasteiger partial charge in [-0.2, -0.15) is 0 Å². The summed E-state index contributed by atoms with van der Waals surface area (Å²) in [4.78, 5) is 31.6. The lowest BCUT2D eigenvalue weighted by Crippen LogP contribution is -2.45. The fourth-order valence-electron chi connectivity index (χ4n) is 2.47. The Kier molecular flexibility index (Phi) is 6.51. The van der Waals surface area contributed by atoms with Gasteiger partial charge >= 0.3 is 6.03 Å². The minimum absolute atomic E-state index is 0.137. The summed E-state index contributed by atoms with van der Waals surface area (Å²) in [5, 5.41) is 5.44. The molecule has 8 nitrogen and oxygen atoms in total. The van der Waals surface area contributed by atoms with Gasteiger partial charge in [0.1, 0.15) is 5.82 Å². The van der Waals surface area contributed by atoms with E-state index in [0.29, 0.717) is 17.9 Å². The van der Waals surface area contributed by atoms with Gasteiger partial charge in [-0.3, -0.25) is 15.0 Å². The summed E-state index contributed by atoms with van der Waals surface area (Å²) in [5.41, 5.74) is 0.479. The van der Waals surface area contributed by atoms with Gasteiger partial charge in [0.2, 0.25) is 0 Å². The number of nitrogens with one attached hydrogen (secondary N) is 2. The maximum absolute atomic E-state index is 11.9. The zero-order valence-electron chi connectivity index (χ0n) is 14.4. The first-order valence-electron chi connectivity index (χ1n) is 8.02. The van der Waals surface area contributed by atoms with Crippen LogP contribution in [0.25, 0.3) is 0 Å². The summed E-state index contributed by atoms with van der Waals surface area (Å²) >= 11 is 0. The fourth-order valence-corrected chi connectivity index (χ4v) is 2.47. The van der Waals surface area contributed by atoms with Crippen LogP contribution >= 0.6 is 0 Å². The maximum atomic E-state index is 11.9. The molecule has 1 aromatic heterocycles. The Balaban J connectivity index is 1.78. The van der Waals surface area contributed by atoms with Gasteiger partial charge in [0, 0.05) is 52.0 Å². The van der Waals surface area contributed by atoms with Crippen LogP contribution in [0.5, 0.6) is 0 Å². The number of anilines is 1. The van der Waals surface area contributed by atoms with Crippen molar-refractivity contribution in [1.82, 2.24) is 20.1 Å². The molecule has 1 aliphatic rings. The molecule has 1 saturated heterocycles. The van der Waals surface area contributed by atoms with E-state index in [1.54, 1.807) is 26.2 Å². The summed E-state index contributed by atoms with van der Waals surface area (Å²) in [7, 11) is 3.35. The van der Waals surface area contributed by atoms with Crippen molar-refractivity contribution in [3.63, 3.8) is 0 Å². The number of rotatable bonds is 5. The second-order valence-electron chi connectivity index (χ2n) is 5.99. The molecule has 132 valence electrons. The minimum atomic E-state index is -0.335. The molecule has 0 aromatic carbocycles. The van der Waals surface area contributed by atoms with Crippen molar-refractivity contribution in [1.29, 1.82) is 0 Å². The minimum Gasteiger partial charge on any atom is -0.376 e. The zero-order chi connectivity index (χ0) is 17.5. The SMILES string of the molecule is C[C@H]1CN(CCNC(=O)Nc2cc(C(=O)N(C)C)ccn2)CCO1. The van der Waals surface area contributed by atoms with Crippen LogP contribution < -0.4 is 10.6 Å². The highest BCUT2D eigenvalue weighted by molar-refractivity contribution is 5.95. The van der Waals surface area contributed by atoms with Gasteiger partial charge in [-0.1, -0.05) is 0 Å². The molecule has 1 aromatic rings. The first kappa shape index (κ1) is 18.2. The average molecular weight is 335 g/mol. The molecule has 2 N–H and O–H groups in total. The van der Waals surface area contributed by atoms with E-state index in [-0.39, 0.29) is 18.0 Å². The number of morpholine rings is 1. The van der Waals surface area contributed by atoms with Gasteiger partial charge < -0.3 is 15.0 Å². The third-order valence-electron chi connectivity index (χ3n) is 3.69. The Bertz CT molecular complexity index is 579. The fraction of sp³-hybridized carbons (Fsp3) is 0.562. The summed E-state index contributed by atoms with van der Waals surface area (Å²) < 4.78 is 5.48. The van der Waals surface area contributed by atoms with Gasteiger partial charge in [-0.15, -0.1) is 0 Å². The van der Waals surface area contributed by atoms with Crippen LogP contribution in [0.4, 0.5) is 10.6 Å². The van der Waals surface area contributed by atoms with Crippen LogP contribution in [-0.4, -0.2) is 79.7 Å². The van der Waals surface area contributed by atoms with E-state index in [4.69, 9.17) is 4.74 Å². The molecular weight excluding hydrogens is 310 g/mol. The quantitative estimate of drug-likeness (QED) is 0.824. The van der Waals surface area contributed by atoms with Crippen LogP contribution in [0.3, 0.4) is 0 Å². The number of hydrogen-bond acceptors (Lipinski definition) is 5. The third kappa shape index (κ3) is 5.47. The molecule has 24 heavy (non-hydrogen) atoms. The number of amides is 3. The number of ether oxygens (including phenoxy) is 1. The Morgan fingerprint density at radius 1 is 1.46 bits per heavy atom. The van der Waals surface area contributed by atoms with E-state index >= 15 is 0 Å². The molecule has 2 heterocycles. The van der Waals surface area contributed by atoms with Crippen LogP contribution in [0.2, 0.25) is 0 Å². The molecular formula is C16H25N5O3. The topological polar surface area (TPSA) is 86.8 Å². The lowest BCUT2D eigenvalue weighted by molar-refractivity contribution is -0.0174. The van der Waals surface area contributed by atoms with Crippen molar-refractivity contribution in [2.24, 2.45) is 0 Å². The second kappa shape index (κ2) is 8.60. The molecule has 1 fully saturated rings. The molecule has 1 atom stereocenters. The summed E-state index contributed by atoms with van der Waals surface area (Å²) in [5.74, 6) is 0.211. The highest BCUT2D eigenvalue weighted by Gasteiger charge is 2.16. The number of carbonyl (C=O) groups excluding carboxylic acids is 2. The lowest BCUT2D eigenvalue weighted by atomic mass is 10.2. The standard InChI is InChI=1S/C16H25N5O3/c1-12-11-21(8-9-24-12)7-6-18-16(23)19-14-10-13(4-5-17-14)15(22)20(2)3/h4-5,10,12H,6-9,11H2,1-3H3,(H2,17,18,19,23)/t12-/m0/s1. The van der Waals surface area contributed by atoms with Gasteiger partial charge in [-0.25, -0.2) is 9.78 Å². The average Bonchev–Trinajstić information content (AvgIpc) is 2.54. The highest BCUT2D eigenvalue weighted by Crippen LogP contribution is 2.08. The van der Waals surface area contributed by atoms with E-state index in [1.165, 1.54) is 11.1 Å². The molecule has 0 aliphatic carbocycles. The predicted molar refractivity (Wildman–Crippen MR) is 91.1 cm³/mol. The van der Waals surface area contributed by atoms with E-state index in [9.17, 15) is 9.59 Å². The monoisotopic (exact) mass is 335 g/mol. The van der Waals surface area contributed by atoms with Crippen molar-refractivity contribution >= 4 is 17.8 Å². The van der Waals surface area contributed by atoms with Crippen molar-refractivity contribution in [3.8, 4) is 0 Å². The van der Waals surface area contributed by atoms with Gasteiger partial charge in [0.05, 0.1) is 12.7 Å². The smallest absolute Gasteiger partial charge is 0.320 e. The van der Waals surface area contributed by atoms with E-state index in [1.807, 2.05) is 6.92 Å². The van der Waals surface area contributed by atoms with E-state index < -0.39 is 0 Å². The Labute approximate surface area is 142 Å². The molecule has 0 bridgehead atoms. The number of carbonyl (C=O) groups is 2. The van der Waals surface area contributed by atoms with Gasteiger partial charge in [-0.05, 0) is 19.1 Å². The molecule has 1 aliphatic heterocycles. The van der Waals surface area contributed by atoms with Crippen LogP contribution in [0.15, 0.2) is 18.3 Å². The van der Waals surface area contributed by atoms with Crippen LogP contribution in [0, 0.1) is 0 Å². The summed E-state index contributed by atoms with van der Waals surface area (Å²) in [6.45, 7) is 5.83. The summed E-state index contributed by atoms with van der Waals surface area (Å²) in [6, 6.07) is 2.84. The molecule has 0 spiro atoms. The maximum Gasteiger partial charge on any atom is 0.320 e. The Hall–Kier alpha value is -2.19. The number of hydrogen-bond donors (Lipinski definition) is 2. The normalized spacial score (nSPS) is 18.0. The number of pyridine rings is 1. The first-order valence-corrected chi connectivity index (χ1v) is 8.02.